The Bertz CT molecular complexity index is 737. The lowest BCUT2D eigenvalue weighted by Gasteiger charge is -2.32. The minimum Gasteiger partial charge on any atom is -0.444 e. The van der Waals surface area contributed by atoms with Crippen molar-refractivity contribution in [3.63, 3.8) is 0 Å². The number of likely N-dealkylation sites (tertiary alicyclic amines) is 1. The predicted octanol–water partition coefficient (Wildman–Crippen LogP) is 5.70. The normalized spacial score (nSPS) is 17.0. The van der Waals surface area contributed by atoms with Gasteiger partial charge >= 0.3 is 12.2 Å². The van der Waals surface area contributed by atoms with Gasteiger partial charge in [-0.15, -0.1) is 0 Å². The number of hydrogen-bond acceptors (Lipinski definition) is 5. The summed E-state index contributed by atoms with van der Waals surface area (Å²) in [5, 5.41) is 0. The van der Waals surface area contributed by atoms with E-state index in [9.17, 15) is 9.59 Å². The van der Waals surface area contributed by atoms with Gasteiger partial charge in [0.2, 0.25) is 0 Å². The van der Waals surface area contributed by atoms with Gasteiger partial charge in [0.05, 0.1) is 6.04 Å². The molecule has 1 aromatic rings. The maximum atomic E-state index is 13.0. The number of hydrogen-bond donors (Lipinski definition) is 0. The van der Waals surface area contributed by atoms with Crippen molar-refractivity contribution in [1.82, 2.24) is 9.88 Å². The van der Waals surface area contributed by atoms with Crippen LogP contribution in [0.15, 0.2) is 18.3 Å². The molecule has 7 nitrogen and oxygen atoms in total. The van der Waals surface area contributed by atoms with E-state index in [1.54, 1.807) is 16.0 Å². The van der Waals surface area contributed by atoms with Crippen LogP contribution in [0.4, 0.5) is 15.4 Å². The molecule has 1 aliphatic heterocycles. The molecule has 0 radical (unpaired) electrons. The molecular formula is C23H37N3O4. The lowest BCUT2D eigenvalue weighted by Crippen LogP contribution is -2.40. The molecule has 0 unspecified atom stereocenters. The molecule has 168 valence electrons. The van der Waals surface area contributed by atoms with E-state index in [0.29, 0.717) is 18.9 Å². The highest BCUT2D eigenvalue weighted by Gasteiger charge is 2.36. The van der Waals surface area contributed by atoms with E-state index in [0.717, 1.165) is 31.2 Å². The Morgan fingerprint density at radius 3 is 2.43 bits per heavy atom. The number of rotatable bonds is 5. The maximum Gasteiger partial charge on any atom is 0.416 e. The van der Waals surface area contributed by atoms with Crippen LogP contribution < -0.4 is 4.90 Å². The molecule has 2 amide bonds. The fraction of sp³-hybridized carbons (Fsp3) is 0.696. The van der Waals surface area contributed by atoms with Crippen molar-refractivity contribution in [2.45, 2.75) is 91.4 Å². The van der Waals surface area contributed by atoms with E-state index >= 15 is 0 Å². The van der Waals surface area contributed by atoms with Crippen molar-refractivity contribution in [2.24, 2.45) is 0 Å². The van der Waals surface area contributed by atoms with Crippen LogP contribution in [0, 0.1) is 0 Å². The van der Waals surface area contributed by atoms with Gasteiger partial charge in [0.15, 0.2) is 0 Å². The smallest absolute Gasteiger partial charge is 0.416 e. The molecule has 0 N–H and O–H groups in total. The molecule has 2 rings (SSSR count). The van der Waals surface area contributed by atoms with E-state index in [4.69, 9.17) is 9.47 Å². The molecule has 0 aliphatic carbocycles. The number of unbranched alkanes of at least 4 members (excludes halogenated alkanes) is 1. The minimum absolute atomic E-state index is 0.185. The van der Waals surface area contributed by atoms with Gasteiger partial charge in [0, 0.05) is 24.8 Å². The quantitative estimate of drug-likeness (QED) is 0.612. The Hall–Kier alpha value is -2.31. The predicted molar refractivity (Wildman–Crippen MR) is 118 cm³/mol. The zero-order valence-corrected chi connectivity index (χ0v) is 19.5. The number of ether oxygens (including phenoxy) is 2. The standard InChI is InChI=1S/C23H37N3O4/c1-8-9-15-26(21(28)30-23(5,6)7)19-17(12-10-14-24-19)18-13-11-16-25(18)20(27)29-22(2,3)4/h10,12,14,18H,8-9,11,13,15-16H2,1-7H3/t18-/m0/s1. The molecule has 1 saturated heterocycles. The summed E-state index contributed by atoms with van der Waals surface area (Å²) in [4.78, 5) is 33.7. The second-order valence-corrected chi connectivity index (χ2v) is 9.73. The summed E-state index contributed by atoms with van der Waals surface area (Å²) in [5.41, 5.74) is -0.319. The topological polar surface area (TPSA) is 72.0 Å². The summed E-state index contributed by atoms with van der Waals surface area (Å²) in [5.74, 6) is 0.556. The SMILES string of the molecule is CCCCN(C(=O)OC(C)(C)C)c1ncccc1[C@@H]1CCCN1C(=O)OC(C)(C)C. The van der Waals surface area contributed by atoms with Gasteiger partial charge in [0.1, 0.15) is 17.0 Å². The fourth-order valence-electron chi connectivity index (χ4n) is 3.44. The second-order valence-electron chi connectivity index (χ2n) is 9.73. The highest BCUT2D eigenvalue weighted by atomic mass is 16.6. The molecule has 0 saturated carbocycles. The zero-order chi connectivity index (χ0) is 22.5. The summed E-state index contributed by atoms with van der Waals surface area (Å²) in [6.45, 7) is 14.3. The summed E-state index contributed by atoms with van der Waals surface area (Å²) in [6.07, 6.45) is 4.36. The van der Waals surface area contributed by atoms with Crippen LogP contribution >= 0.6 is 0 Å². The monoisotopic (exact) mass is 419 g/mol. The lowest BCUT2D eigenvalue weighted by atomic mass is 10.0. The van der Waals surface area contributed by atoms with Crippen molar-refractivity contribution >= 4 is 18.0 Å². The van der Waals surface area contributed by atoms with Crippen LogP contribution in [-0.2, 0) is 9.47 Å². The van der Waals surface area contributed by atoms with Crippen LogP contribution in [0.5, 0.6) is 0 Å². The number of nitrogens with zero attached hydrogens (tertiary/aromatic N) is 3. The summed E-state index contributed by atoms with van der Waals surface area (Å²) >= 11 is 0. The van der Waals surface area contributed by atoms with Crippen molar-refractivity contribution in [1.29, 1.82) is 0 Å². The lowest BCUT2D eigenvalue weighted by molar-refractivity contribution is 0.0224. The van der Waals surface area contributed by atoms with E-state index in [1.165, 1.54) is 0 Å². The van der Waals surface area contributed by atoms with Gasteiger partial charge in [-0.25, -0.2) is 14.6 Å². The Balaban J connectivity index is 2.38. The number of anilines is 1. The number of pyridine rings is 1. The highest BCUT2D eigenvalue weighted by molar-refractivity contribution is 5.87. The number of carbonyl (C=O) groups is 2. The van der Waals surface area contributed by atoms with Crippen molar-refractivity contribution in [2.75, 3.05) is 18.0 Å². The van der Waals surface area contributed by atoms with Crippen molar-refractivity contribution in [3.8, 4) is 0 Å². The highest BCUT2D eigenvalue weighted by Crippen LogP contribution is 2.37. The van der Waals surface area contributed by atoms with E-state index in [-0.39, 0.29) is 12.1 Å². The number of amides is 2. The van der Waals surface area contributed by atoms with Gasteiger partial charge in [-0.05, 0) is 66.9 Å². The molecular weight excluding hydrogens is 382 g/mol. The first-order valence-corrected chi connectivity index (χ1v) is 10.9. The first kappa shape index (κ1) is 24.0. The van der Waals surface area contributed by atoms with Gasteiger partial charge in [-0.1, -0.05) is 19.4 Å². The van der Waals surface area contributed by atoms with Crippen LogP contribution in [-0.4, -0.2) is 46.4 Å². The van der Waals surface area contributed by atoms with Crippen molar-refractivity contribution < 1.29 is 19.1 Å². The molecule has 7 heteroatoms. The van der Waals surface area contributed by atoms with Crippen LogP contribution in [0.25, 0.3) is 0 Å². The number of aromatic nitrogens is 1. The average Bonchev–Trinajstić information content (AvgIpc) is 3.09. The van der Waals surface area contributed by atoms with E-state index in [1.807, 2.05) is 53.7 Å². The Kier molecular flexibility index (Phi) is 7.72. The molecule has 0 spiro atoms. The van der Waals surface area contributed by atoms with E-state index in [2.05, 4.69) is 11.9 Å². The summed E-state index contributed by atoms with van der Waals surface area (Å²) < 4.78 is 11.3. The van der Waals surface area contributed by atoms with Crippen LogP contribution in [0.1, 0.15) is 85.8 Å². The third-order valence-corrected chi connectivity index (χ3v) is 4.66. The Morgan fingerprint density at radius 2 is 1.83 bits per heavy atom. The molecule has 1 aromatic heterocycles. The number of carbonyl (C=O) groups excluding carboxylic acids is 2. The molecule has 1 aliphatic rings. The van der Waals surface area contributed by atoms with Crippen molar-refractivity contribution in [3.05, 3.63) is 23.9 Å². The molecule has 0 bridgehead atoms. The van der Waals surface area contributed by atoms with Gasteiger partial charge in [-0.2, -0.15) is 0 Å². The van der Waals surface area contributed by atoms with Crippen LogP contribution in [0.2, 0.25) is 0 Å². The first-order valence-electron chi connectivity index (χ1n) is 10.9. The average molecular weight is 420 g/mol. The van der Waals surface area contributed by atoms with Gasteiger partial charge in [0.25, 0.3) is 0 Å². The minimum atomic E-state index is -0.605. The van der Waals surface area contributed by atoms with Gasteiger partial charge < -0.3 is 14.4 Å². The maximum absolute atomic E-state index is 13.0. The van der Waals surface area contributed by atoms with E-state index < -0.39 is 17.3 Å². The summed E-state index contributed by atoms with van der Waals surface area (Å²) in [6, 6.07) is 3.60. The second kappa shape index (κ2) is 9.67. The molecule has 0 aromatic carbocycles. The summed E-state index contributed by atoms with van der Waals surface area (Å²) in [7, 11) is 0. The molecule has 1 fully saturated rings. The largest absolute Gasteiger partial charge is 0.444 e. The first-order chi connectivity index (χ1) is 13.9. The zero-order valence-electron chi connectivity index (χ0n) is 19.5. The van der Waals surface area contributed by atoms with Gasteiger partial charge in [-0.3, -0.25) is 4.90 Å². The third-order valence-electron chi connectivity index (χ3n) is 4.66. The Morgan fingerprint density at radius 1 is 1.17 bits per heavy atom. The molecule has 1 atom stereocenters. The third kappa shape index (κ3) is 6.61. The Labute approximate surface area is 180 Å². The molecule has 30 heavy (non-hydrogen) atoms. The molecule has 2 heterocycles. The fourth-order valence-corrected chi connectivity index (χ4v) is 3.44. The van der Waals surface area contributed by atoms with Crippen LogP contribution in [0.3, 0.4) is 0 Å².